The molecular weight excluding hydrogens is 152 g/mol. The van der Waals surface area contributed by atoms with Crippen LogP contribution in [0.1, 0.15) is 23.6 Å². The number of aliphatic hydroxyl groups excluding tert-OH is 1. The number of aliphatic hydroxyl groups is 1. The normalized spacial score (nSPS) is 12.9. The molecule has 0 aliphatic carbocycles. The molecule has 0 fully saturated rings. The lowest BCUT2D eigenvalue weighted by Gasteiger charge is -2.09. The van der Waals surface area contributed by atoms with Crippen molar-refractivity contribution < 1.29 is 5.11 Å². The Morgan fingerprint density at radius 3 is 2.92 bits per heavy atom. The first-order valence-electron chi connectivity index (χ1n) is 4.02. The van der Waals surface area contributed by atoms with Crippen molar-refractivity contribution in [3.8, 4) is 0 Å². The standard InChI is InChI=1S/C9H14N2O/c1-7-4-8(6-11-5-7)9(10)2-3-12/h4-6,9,12H,2-3,10H2,1H3. The zero-order chi connectivity index (χ0) is 8.97. The SMILES string of the molecule is Cc1cncc(C(N)CCO)c1. The van der Waals surface area contributed by atoms with E-state index in [1.807, 2.05) is 13.0 Å². The smallest absolute Gasteiger partial charge is 0.0449 e. The molecule has 0 bridgehead atoms. The Hall–Kier alpha value is -0.930. The van der Waals surface area contributed by atoms with Crippen LogP contribution in [0.4, 0.5) is 0 Å². The summed E-state index contributed by atoms with van der Waals surface area (Å²) in [6, 6.07) is 1.90. The van der Waals surface area contributed by atoms with E-state index >= 15 is 0 Å². The molecular formula is C9H14N2O. The summed E-state index contributed by atoms with van der Waals surface area (Å²) in [5.41, 5.74) is 7.86. The van der Waals surface area contributed by atoms with Gasteiger partial charge in [0.1, 0.15) is 0 Å². The molecule has 1 rings (SSSR count). The largest absolute Gasteiger partial charge is 0.396 e. The molecule has 66 valence electrons. The molecule has 1 atom stereocenters. The van der Waals surface area contributed by atoms with Crippen molar-refractivity contribution in [1.29, 1.82) is 0 Å². The number of pyridine rings is 1. The molecule has 0 saturated carbocycles. The van der Waals surface area contributed by atoms with Gasteiger partial charge in [-0.3, -0.25) is 4.98 Å². The minimum absolute atomic E-state index is 0.0950. The highest BCUT2D eigenvalue weighted by atomic mass is 16.3. The third-order valence-electron chi connectivity index (χ3n) is 1.76. The van der Waals surface area contributed by atoms with Crippen LogP contribution in [0.2, 0.25) is 0 Å². The number of hydrogen-bond donors (Lipinski definition) is 2. The van der Waals surface area contributed by atoms with Gasteiger partial charge in [-0.25, -0.2) is 0 Å². The maximum Gasteiger partial charge on any atom is 0.0449 e. The molecule has 0 aliphatic heterocycles. The molecule has 3 N–H and O–H groups in total. The van der Waals surface area contributed by atoms with Crippen molar-refractivity contribution in [3.05, 3.63) is 29.6 Å². The van der Waals surface area contributed by atoms with E-state index in [2.05, 4.69) is 4.98 Å². The van der Waals surface area contributed by atoms with Gasteiger partial charge in [0.15, 0.2) is 0 Å². The van der Waals surface area contributed by atoms with Crippen LogP contribution >= 0.6 is 0 Å². The predicted octanol–water partition coefficient (Wildman–Crippen LogP) is 0.772. The fourth-order valence-electron chi connectivity index (χ4n) is 1.09. The van der Waals surface area contributed by atoms with Gasteiger partial charge in [0.05, 0.1) is 0 Å². The molecule has 1 heterocycles. The van der Waals surface area contributed by atoms with Crippen LogP contribution in [0.25, 0.3) is 0 Å². The molecule has 3 heteroatoms. The summed E-state index contributed by atoms with van der Waals surface area (Å²) in [7, 11) is 0. The van der Waals surface area contributed by atoms with Gasteiger partial charge >= 0.3 is 0 Å². The number of rotatable bonds is 3. The average Bonchev–Trinajstić information content (AvgIpc) is 2.05. The summed E-state index contributed by atoms with van der Waals surface area (Å²) >= 11 is 0. The van der Waals surface area contributed by atoms with Gasteiger partial charge in [-0.1, -0.05) is 6.07 Å². The summed E-state index contributed by atoms with van der Waals surface area (Å²) < 4.78 is 0. The zero-order valence-corrected chi connectivity index (χ0v) is 7.20. The predicted molar refractivity (Wildman–Crippen MR) is 47.6 cm³/mol. The first kappa shape index (κ1) is 9.16. The molecule has 3 nitrogen and oxygen atoms in total. The van der Waals surface area contributed by atoms with Crippen molar-refractivity contribution in [2.75, 3.05) is 6.61 Å². The number of nitrogens with zero attached hydrogens (tertiary/aromatic N) is 1. The molecule has 0 spiro atoms. The van der Waals surface area contributed by atoms with E-state index in [1.54, 1.807) is 12.4 Å². The Kier molecular flexibility index (Phi) is 3.19. The number of hydrogen-bond acceptors (Lipinski definition) is 3. The molecule has 0 saturated heterocycles. The van der Waals surface area contributed by atoms with Gasteiger partial charge in [-0.05, 0) is 24.5 Å². The van der Waals surface area contributed by atoms with Crippen LogP contribution in [0.3, 0.4) is 0 Å². The highest BCUT2D eigenvalue weighted by Crippen LogP contribution is 2.12. The summed E-state index contributed by atoms with van der Waals surface area (Å²) in [6.07, 6.45) is 4.12. The Morgan fingerprint density at radius 2 is 2.33 bits per heavy atom. The van der Waals surface area contributed by atoms with Gasteiger partial charge in [0.25, 0.3) is 0 Å². The first-order chi connectivity index (χ1) is 5.74. The van der Waals surface area contributed by atoms with Crippen molar-refractivity contribution in [2.24, 2.45) is 5.73 Å². The van der Waals surface area contributed by atoms with E-state index in [1.165, 1.54) is 0 Å². The Bertz CT molecular complexity index is 250. The maximum atomic E-state index is 8.67. The lowest BCUT2D eigenvalue weighted by atomic mass is 10.1. The molecule has 1 aromatic heterocycles. The molecule has 1 unspecified atom stereocenters. The van der Waals surface area contributed by atoms with Crippen LogP contribution in [0, 0.1) is 6.92 Å². The molecule has 12 heavy (non-hydrogen) atoms. The summed E-state index contributed by atoms with van der Waals surface area (Å²) in [4.78, 5) is 4.03. The third kappa shape index (κ3) is 2.29. The van der Waals surface area contributed by atoms with Gasteiger partial charge < -0.3 is 10.8 Å². The third-order valence-corrected chi connectivity index (χ3v) is 1.76. The zero-order valence-electron chi connectivity index (χ0n) is 7.20. The van der Waals surface area contributed by atoms with Crippen LogP contribution in [0.15, 0.2) is 18.5 Å². The highest BCUT2D eigenvalue weighted by Gasteiger charge is 2.04. The van der Waals surface area contributed by atoms with Crippen molar-refractivity contribution in [2.45, 2.75) is 19.4 Å². The van der Waals surface area contributed by atoms with E-state index in [-0.39, 0.29) is 12.6 Å². The van der Waals surface area contributed by atoms with E-state index < -0.39 is 0 Å². The number of aromatic nitrogens is 1. The topological polar surface area (TPSA) is 59.1 Å². The Labute approximate surface area is 72.2 Å². The van der Waals surface area contributed by atoms with Crippen LogP contribution in [-0.4, -0.2) is 16.7 Å². The Balaban J connectivity index is 2.73. The fraction of sp³-hybridized carbons (Fsp3) is 0.444. The van der Waals surface area contributed by atoms with Gasteiger partial charge in [0, 0.05) is 25.0 Å². The van der Waals surface area contributed by atoms with E-state index in [0.717, 1.165) is 11.1 Å². The average molecular weight is 166 g/mol. The molecule has 0 aromatic carbocycles. The molecule has 0 radical (unpaired) electrons. The minimum Gasteiger partial charge on any atom is -0.396 e. The fourth-order valence-corrected chi connectivity index (χ4v) is 1.09. The van der Waals surface area contributed by atoms with E-state index in [4.69, 9.17) is 10.8 Å². The lowest BCUT2D eigenvalue weighted by Crippen LogP contribution is -2.12. The van der Waals surface area contributed by atoms with Crippen LogP contribution < -0.4 is 5.73 Å². The quantitative estimate of drug-likeness (QED) is 0.697. The second-order valence-corrected chi connectivity index (χ2v) is 2.91. The van der Waals surface area contributed by atoms with Crippen LogP contribution in [0.5, 0.6) is 0 Å². The van der Waals surface area contributed by atoms with E-state index in [9.17, 15) is 0 Å². The monoisotopic (exact) mass is 166 g/mol. The molecule has 0 amide bonds. The lowest BCUT2D eigenvalue weighted by molar-refractivity contribution is 0.276. The van der Waals surface area contributed by atoms with Crippen molar-refractivity contribution in [1.82, 2.24) is 4.98 Å². The minimum atomic E-state index is -0.0950. The van der Waals surface area contributed by atoms with E-state index in [0.29, 0.717) is 6.42 Å². The van der Waals surface area contributed by atoms with Crippen LogP contribution in [-0.2, 0) is 0 Å². The molecule has 0 aliphatic rings. The number of aryl methyl sites for hydroxylation is 1. The van der Waals surface area contributed by atoms with Gasteiger partial charge in [0.2, 0.25) is 0 Å². The highest BCUT2D eigenvalue weighted by molar-refractivity contribution is 5.19. The summed E-state index contributed by atoms with van der Waals surface area (Å²) in [5, 5.41) is 8.67. The maximum absolute atomic E-state index is 8.67. The summed E-state index contributed by atoms with van der Waals surface area (Å²) in [6.45, 7) is 2.09. The number of nitrogens with two attached hydrogens (primary N) is 1. The van der Waals surface area contributed by atoms with Crippen molar-refractivity contribution in [3.63, 3.8) is 0 Å². The molecule has 1 aromatic rings. The Morgan fingerprint density at radius 1 is 1.58 bits per heavy atom. The van der Waals surface area contributed by atoms with Gasteiger partial charge in [-0.15, -0.1) is 0 Å². The van der Waals surface area contributed by atoms with Gasteiger partial charge in [-0.2, -0.15) is 0 Å². The first-order valence-corrected chi connectivity index (χ1v) is 4.02. The van der Waals surface area contributed by atoms with Crippen molar-refractivity contribution >= 4 is 0 Å². The summed E-state index contributed by atoms with van der Waals surface area (Å²) in [5.74, 6) is 0. The second-order valence-electron chi connectivity index (χ2n) is 2.91. The second kappa shape index (κ2) is 4.18.